The minimum Gasteiger partial charge on any atom is -0.497 e. The number of hydrogen-bond acceptors (Lipinski definition) is 3. The predicted molar refractivity (Wildman–Crippen MR) is 89.6 cm³/mol. The molecule has 2 N–H and O–H groups in total. The number of rotatable bonds is 5. The molecule has 22 heavy (non-hydrogen) atoms. The Morgan fingerprint density at radius 1 is 1.27 bits per heavy atom. The molecule has 0 aromatic heterocycles. The van der Waals surface area contributed by atoms with Gasteiger partial charge in [-0.05, 0) is 43.0 Å². The normalized spacial score (nSPS) is 15.7. The lowest BCUT2D eigenvalue weighted by Gasteiger charge is -2.34. The molecule has 1 heterocycles. The molecule has 5 heteroatoms. The number of nitrogens with one attached hydrogen (secondary N) is 2. The Balaban J connectivity index is 1.76. The van der Waals surface area contributed by atoms with Crippen molar-refractivity contribution in [2.45, 2.75) is 32.7 Å². The predicted octanol–water partition coefficient (Wildman–Crippen LogP) is 2.62. The minimum atomic E-state index is -0.0448. The summed E-state index contributed by atoms with van der Waals surface area (Å²) in [4.78, 5) is 14.1. The first kappa shape index (κ1) is 16.5. The van der Waals surface area contributed by atoms with E-state index < -0.39 is 0 Å². The van der Waals surface area contributed by atoms with Gasteiger partial charge in [-0.1, -0.05) is 13.8 Å². The minimum absolute atomic E-state index is 0.0448. The lowest BCUT2D eigenvalue weighted by atomic mass is 10.0. The van der Waals surface area contributed by atoms with E-state index in [2.05, 4.69) is 41.5 Å². The molecule has 0 aliphatic carbocycles. The van der Waals surface area contributed by atoms with E-state index in [-0.39, 0.29) is 12.1 Å². The lowest BCUT2D eigenvalue weighted by Crippen LogP contribution is -2.48. The van der Waals surface area contributed by atoms with Gasteiger partial charge in [0.15, 0.2) is 0 Å². The zero-order valence-electron chi connectivity index (χ0n) is 13.8. The van der Waals surface area contributed by atoms with Crippen molar-refractivity contribution < 1.29 is 9.53 Å². The number of piperidine rings is 1. The maximum Gasteiger partial charge on any atom is 0.315 e. The van der Waals surface area contributed by atoms with Crippen LogP contribution in [0.2, 0.25) is 0 Å². The molecule has 2 rings (SSSR count). The number of methoxy groups -OCH3 is 1. The van der Waals surface area contributed by atoms with Crippen LogP contribution in [0.25, 0.3) is 0 Å². The third kappa shape index (κ3) is 4.83. The summed E-state index contributed by atoms with van der Waals surface area (Å²) in [7, 11) is 1.68. The molecule has 5 nitrogen and oxygen atoms in total. The summed E-state index contributed by atoms with van der Waals surface area (Å²) < 4.78 is 5.18. The number of carbonyl (C=O) groups excluding carboxylic acids is 1. The molecule has 1 aromatic carbocycles. The van der Waals surface area contributed by atoms with Gasteiger partial charge in [0.2, 0.25) is 0 Å². The zero-order valence-corrected chi connectivity index (χ0v) is 13.8. The van der Waals surface area contributed by atoms with Gasteiger partial charge in [0, 0.05) is 31.4 Å². The van der Waals surface area contributed by atoms with Crippen LogP contribution in [0, 0.1) is 5.92 Å². The first-order valence-electron chi connectivity index (χ1n) is 8.02. The molecule has 0 radical (unpaired) electrons. The summed E-state index contributed by atoms with van der Waals surface area (Å²) in [5, 5.41) is 5.98. The molecular weight excluding hydrogens is 278 g/mol. The number of anilines is 1. The summed E-state index contributed by atoms with van der Waals surface area (Å²) in [6.45, 7) is 6.82. The lowest BCUT2D eigenvalue weighted by molar-refractivity contribution is 0.233. The highest BCUT2D eigenvalue weighted by Crippen LogP contribution is 2.22. The van der Waals surface area contributed by atoms with Crippen LogP contribution in [0.5, 0.6) is 5.75 Å². The van der Waals surface area contributed by atoms with E-state index in [0.29, 0.717) is 5.92 Å². The van der Waals surface area contributed by atoms with Crippen LogP contribution in [0.3, 0.4) is 0 Å². The van der Waals surface area contributed by atoms with Crippen molar-refractivity contribution in [3.05, 3.63) is 24.3 Å². The van der Waals surface area contributed by atoms with E-state index in [1.165, 1.54) is 5.69 Å². The molecule has 0 saturated carbocycles. The highest BCUT2D eigenvalue weighted by molar-refractivity contribution is 5.74. The van der Waals surface area contributed by atoms with Crippen LogP contribution < -0.4 is 20.3 Å². The molecule has 1 aliphatic heterocycles. The fourth-order valence-corrected chi connectivity index (χ4v) is 2.61. The SMILES string of the molecule is COc1ccc(N2CCC(NC(=O)NCC(C)C)CC2)cc1. The Kier molecular flexibility index (Phi) is 5.92. The van der Waals surface area contributed by atoms with Crippen molar-refractivity contribution in [3.63, 3.8) is 0 Å². The number of amides is 2. The van der Waals surface area contributed by atoms with Gasteiger partial charge >= 0.3 is 6.03 Å². The number of benzene rings is 1. The van der Waals surface area contributed by atoms with Crippen LogP contribution in [-0.4, -0.2) is 38.8 Å². The first-order valence-corrected chi connectivity index (χ1v) is 8.02. The second kappa shape index (κ2) is 7.92. The Morgan fingerprint density at radius 2 is 1.91 bits per heavy atom. The monoisotopic (exact) mass is 305 g/mol. The molecule has 1 aromatic rings. The number of carbonyl (C=O) groups is 1. The molecule has 1 saturated heterocycles. The Morgan fingerprint density at radius 3 is 2.45 bits per heavy atom. The third-order valence-electron chi connectivity index (χ3n) is 3.94. The largest absolute Gasteiger partial charge is 0.497 e. The topological polar surface area (TPSA) is 53.6 Å². The second-order valence-corrected chi connectivity index (χ2v) is 6.21. The molecule has 2 amide bonds. The third-order valence-corrected chi connectivity index (χ3v) is 3.94. The quantitative estimate of drug-likeness (QED) is 0.879. The van der Waals surface area contributed by atoms with E-state index >= 15 is 0 Å². The van der Waals surface area contributed by atoms with Crippen molar-refractivity contribution in [2.24, 2.45) is 5.92 Å². The van der Waals surface area contributed by atoms with Crippen molar-refractivity contribution in [1.29, 1.82) is 0 Å². The molecule has 1 aliphatic rings. The fraction of sp³-hybridized carbons (Fsp3) is 0.588. The van der Waals surface area contributed by atoms with Crippen LogP contribution in [0.1, 0.15) is 26.7 Å². The molecule has 122 valence electrons. The smallest absolute Gasteiger partial charge is 0.315 e. The Hall–Kier alpha value is -1.91. The highest BCUT2D eigenvalue weighted by Gasteiger charge is 2.20. The summed E-state index contributed by atoms with van der Waals surface area (Å²) >= 11 is 0. The standard InChI is InChI=1S/C17H27N3O2/c1-13(2)12-18-17(21)19-14-8-10-20(11-9-14)15-4-6-16(22-3)7-5-15/h4-7,13-14H,8-12H2,1-3H3,(H2,18,19,21). The average Bonchev–Trinajstić information content (AvgIpc) is 2.54. The van der Waals surface area contributed by atoms with Gasteiger partial charge in [-0.3, -0.25) is 0 Å². The molecule has 0 atom stereocenters. The fourth-order valence-electron chi connectivity index (χ4n) is 2.61. The van der Waals surface area contributed by atoms with Gasteiger partial charge in [-0.15, -0.1) is 0 Å². The van der Waals surface area contributed by atoms with E-state index in [1.54, 1.807) is 7.11 Å². The van der Waals surface area contributed by atoms with E-state index in [1.807, 2.05) is 12.1 Å². The molecule has 1 fully saturated rings. The van der Waals surface area contributed by atoms with Gasteiger partial charge in [-0.2, -0.15) is 0 Å². The van der Waals surface area contributed by atoms with Crippen LogP contribution in [0.15, 0.2) is 24.3 Å². The van der Waals surface area contributed by atoms with Crippen molar-refractivity contribution >= 4 is 11.7 Å². The van der Waals surface area contributed by atoms with E-state index in [0.717, 1.165) is 38.2 Å². The maximum atomic E-state index is 11.8. The average molecular weight is 305 g/mol. The summed E-state index contributed by atoms with van der Waals surface area (Å²) in [5.41, 5.74) is 1.21. The molecule has 0 unspecified atom stereocenters. The molecule has 0 spiro atoms. The van der Waals surface area contributed by atoms with Crippen molar-refractivity contribution in [3.8, 4) is 5.75 Å². The number of ether oxygens (including phenoxy) is 1. The number of nitrogens with zero attached hydrogens (tertiary/aromatic N) is 1. The van der Waals surface area contributed by atoms with Gasteiger partial charge in [-0.25, -0.2) is 4.79 Å². The van der Waals surface area contributed by atoms with E-state index in [4.69, 9.17) is 4.74 Å². The van der Waals surface area contributed by atoms with Crippen LogP contribution in [-0.2, 0) is 0 Å². The van der Waals surface area contributed by atoms with Gasteiger partial charge < -0.3 is 20.3 Å². The summed E-state index contributed by atoms with van der Waals surface area (Å²) in [5.74, 6) is 1.35. The zero-order chi connectivity index (χ0) is 15.9. The van der Waals surface area contributed by atoms with Gasteiger partial charge in [0.05, 0.1) is 7.11 Å². The summed E-state index contributed by atoms with van der Waals surface area (Å²) in [6.07, 6.45) is 1.95. The molecule has 0 bridgehead atoms. The summed E-state index contributed by atoms with van der Waals surface area (Å²) in [6, 6.07) is 8.36. The van der Waals surface area contributed by atoms with Crippen LogP contribution >= 0.6 is 0 Å². The Bertz CT molecular complexity index is 465. The van der Waals surface area contributed by atoms with Gasteiger partial charge in [0.25, 0.3) is 0 Å². The maximum absolute atomic E-state index is 11.8. The first-order chi connectivity index (χ1) is 10.6. The number of hydrogen-bond donors (Lipinski definition) is 2. The second-order valence-electron chi connectivity index (χ2n) is 6.21. The highest BCUT2D eigenvalue weighted by atomic mass is 16.5. The molecular formula is C17H27N3O2. The van der Waals surface area contributed by atoms with Gasteiger partial charge in [0.1, 0.15) is 5.75 Å². The number of urea groups is 1. The Labute approximate surface area is 133 Å². The van der Waals surface area contributed by atoms with E-state index in [9.17, 15) is 4.79 Å². The van der Waals surface area contributed by atoms with Crippen molar-refractivity contribution in [1.82, 2.24) is 10.6 Å². The van der Waals surface area contributed by atoms with Crippen LogP contribution in [0.4, 0.5) is 10.5 Å². The van der Waals surface area contributed by atoms with Crippen molar-refractivity contribution in [2.75, 3.05) is 31.6 Å².